The van der Waals surface area contributed by atoms with Crippen LogP contribution in [-0.2, 0) is 11.3 Å². The summed E-state index contributed by atoms with van der Waals surface area (Å²) in [5.74, 6) is 1.64. The molecule has 7 heteroatoms. The molecule has 2 unspecified atom stereocenters. The number of likely N-dealkylation sites (tertiary alicyclic amines) is 1. The van der Waals surface area contributed by atoms with E-state index in [4.69, 9.17) is 4.42 Å². The summed E-state index contributed by atoms with van der Waals surface area (Å²) in [6.07, 6.45) is 3.24. The number of furan rings is 1. The Kier molecular flexibility index (Phi) is 5.81. The maximum Gasteiger partial charge on any atom is 0.405 e. The molecule has 4 rings (SSSR count). The van der Waals surface area contributed by atoms with Crippen molar-refractivity contribution in [2.45, 2.75) is 58.2 Å². The van der Waals surface area contributed by atoms with E-state index in [0.29, 0.717) is 6.42 Å². The van der Waals surface area contributed by atoms with Gasteiger partial charge in [0.2, 0.25) is 5.91 Å². The topological polar surface area (TPSA) is 86.0 Å². The summed E-state index contributed by atoms with van der Waals surface area (Å²) in [5.41, 5.74) is 2.44. The van der Waals surface area contributed by atoms with E-state index in [0.717, 1.165) is 48.0 Å². The molecule has 1 aromatic heterocycles. The molecule has 3 heterocycles. The highest BCUT2D eigenvalue weighted by Crippen LogP contribution is 2.40. The minimum atomic E-state index is -1.07. The third kappa shape index (κ3) is 4.21. The van der Waals surface area contributed by atoms with Gasteiger partial charge in [-0.15, -0.1) is 0 Å². The second-order valence-corrected chi connectivity index (χ2v) is 8.35. The fourth-order valence-electron chi connectivity index (χ4n) is 4.74. The summed E-state index contributed by atoms with van der Waals surface area (Å²) in [5, 5.41) is 11.9. The fraction of sp³-hybridized carbons (Fsp3) is 0.478. The molecule has 1 fully saturated rings. The van der Waals surface area contributed by atoms with Gasteiger partial charge in [-0.05, 0) is 75.2 Å². The van der Waals surface area contributed by atoms with Gasteiger partial charge in [-0.1, -0.05) is 6.42 Å². The minimum absolute atomic E-state index is 0.0490. The molecular weight excluding hydrogens is 382 g/mol. The predicted octanol–water partition coefficient (Wildman–Crippen LogP) is 4.39. The number of nitrogens with zero attached hydrogens (tertiary/aromatic N) is 2. The standard InChI is InChI=1S/C23H29N3O4/c1-15-12-20(24-23(28)29)19-13-17(6-8-21(19)26(15)16(2)27)22-9-7-18(30-22)14-25-10-4-3-5-11-25/h6-9,13,15,20,24H,3-5,10-12,14H2,1-2H3,(H,28,29). The zero-order valence-electron chi connectivity index (χ0n) is 17.6. The number of carbonyl (C=O) groups is 2. The van der Waals surface area contributed by atoms with Gasteiger partial charge in [0.25, 0.3) is 0 Å². The van der Waals surface area contributed by atoms with Crippen LogP contribution in [0.5, 0.6) is 0 Å². The predicted molar refractivity (Wildman–Crippen MR) is 114 cm³/mol. The van der Waals surface area contributed by atoms with Crippen LogP contribution in [0.3, 0.4) is 0 Å². The number of hydrogen-bond donors (Lipinski definition) is 2. The van der Waals surface area contributed by atoms with Crippen molar-refractivity contribution < 1.29 is 19.1 Å². The van der Waals surface area contributed by atoms with Gasteiger partial charge < -0.3 is 19.7 Å². The first-order valence-corrected chi connectivity index (χ1v) is 10.7. The van der Waals surface area contributed by atoms with Crippen molar-refractivity contribution in [3.63, 3.8) is 0 Å². The molecule has 2 amide bonds. The molecular formula is C23H29N3O4. The van der Waals surface area contributed by atoms with Crippen molar-refractivity contribution in [2.75, 3.05) is 18.0 Å². The normalized spacial score (nSPS) is 21.9. The summed E-state index contributed by atoms with van der Waals surface area (Å²) < 4.78 is 6.12. The van der Waals surface area contributed by atoms with Crippen molar-refractivity contribution >= 4 is 17.7 Å². The highest BCUT2D eigenvalue weighted by atomic mass is 16.4. The molecule has 2 atom stereocenters. The number of carbonyl (C=O) groups excluding carboxylic acids is 1. The average Bonchev–Trinajstić information content (AvgIpc) is 3.16. The molecule has 30 heavy (non-hydrogen) atoms. The Balaban J connectivity index is 1.63. The molecule has 2 N–H and O–H groups in total. The van der Waals surface area contributed by atoms with E-state index < -0.39 is 6.09 Å². The van der Waals surface area contributed by atoms with Crippen molar-refractivity contribution in [3.8, 4) is 11.3 Å². The molecule has 0 saturated carbocycles. The fourth-order valence-corrected chi connectivity index (χ4v) is 4.74. The molecule has 0 aliphatic carbocycles. The molecule has 2 aliphatic heterocycles. The van der Waals surface area contributed by atoms with Gasteiger partial charge in [0.1, 0.15) is 11.5 Å². The maximum absolute atomic E-state index is 12.2. The van der Waals surface area contributed by atoms with E-state index in [1.165, 1.54) is 19.3 Å². The Bertz CT molecular complexity index is 932. The van der Waals surface area contributed by atoms with Crippen LogP contribution in [0.2, 0.25) is 0 Å². The Hall–Kier alpha value is -2.80. The molecule has 0 spiro atoms. The van der Waals surface area contributed by atoms with Crippen LogP contribution in [0.1, 0.15) is 56.9 Å². The molecule has 160 valence electrons. The first-order chi connectivity index (χ1) is 14.4. The largest absolute Gasteiger partial charge is 0.465 e. The number of hydrogen-bond acceptors (Lipinski definition) is 4. The maximum atomic E-state index is 12.2. The minimum Gasteiger partial charge on any atom is -0.465 e. The monoisotopic (exact) mass is 411 g/mol. The van der Waals surface area contributed by atoms with E-state index >= 15 is 0 Å². The first kappa shape index (κ1) is 20.5. The van der Waals surface area contributed by atoms with Crippen molar-refractivity contribution in [1.82, 2.24) is 10.2 Å². The van der Waals surface area contributed by atoms with Gasteiger partial charge in [-0.25, -0.2) is 4.79 Å². The van der Waals surface area contributed by atoms with Gasteiger partial charge in [0, 0.05) is 24.2 Å². The van der Waals surface area contributed by atoms with Gasteiger partial charge in [0.15, 0.2) is 0 Å². The van der Waals surface area contributed by atoms with Crippen molar-refractivity contribution in [2.24, 2.45) is 0 Å². The SMILES string of the molecule is CC(=O)N1c2ccc(-c3ccc(CN4CCCCC4)o3)cc2C(NC(=O)O)CC1C. The smallest absolute Gasteiger partial charge is 0.405 e. The quantitative estimate of drug-likeness (QED) is 0.779. The highest BCUT2D eigenvalue weighted by Gasteiger charge is 2.33. The zero-order chi connectivity index (χ0) is 21.3. The molecule has 0 bridgehead atoms. The molecule has 1 saturated heterocycles. The number of rotatable bonds is 4. The molecule has 0 radical (unpaired) electrons. The van der Waals surface area contributed by atoms with Crippen molar-refractivity contribution in [3.05, 3.63) is 41.7 Å². The van der Waals surface area contributed by atoms with E-state index in [2.05, 4.69) is 10.2 Å². The number of amides is 2. The number of anilines is 1. The summed E-state index contributed by atoms with van der Waals surface area (Å²) in [6, 6.07) is 9.30. The van der Waals surface area contributed by atoms with Crippen LogP contribution < -0.4 is 10.2 Å². The number of nitrogens with one attached hydrogen (secondary N) is 1. The highest BCUT2D eigenvalue weighted by molar-refractivity contribution is 5.94. The van der Waals surface area contributed by atoms with Crippen LogP contribution in [0.15, 0.2) is 34.7 Å². The Morgan fingerprint density at radius 1 is 1.17 bits per heavy atom. The van der Waals surface area contributed by atoms with Gasteiger partial charge in [-0.2, -0.15) is 0 Å². The Labute approximate surface area is 176 Å². The van der Waals surface area contributed by atoms with E-state index in [1.807, 2.05) is 37.3 Å². The van der Waals surface area contributed by atoms with E-state index in [-0.39, 0.29) is 18.0 Å². The average molecular weight is 412 g/mol. The molecule has 7 nitrogen and oxygen atoms in total. The second-order valence-electron chi connectivity index (χ2n) is 8.35. The van der Waals surface area contributed by atoms with Crippen LogP contribution in [0.25, 0.3) is 11.3 Å². The van der Waals surface area contributed by atoms with Gasteiger partial charge >= 0.3 is 6.09 Å². The lowest BCUT2D eigenvalue weighted by molar-refractivity contribution is -0.117. The molecule has 2 aliphatic rings. The molecule has 2 aromatic rings. The van der Waals surface area contributed by atoms with Crippen LogP contribution >= 0.6 is 0 Å². The van der Waals surface area contributed by atoms with Gasteiger partial charge in [0.05, 0.1) is 12.6 Å². The van der Waals surface area contributed by atoms with Crippen LogP contribution in [0, 0.1) is 0 Å². The number of carboxylic acid groups (broad SMARTS) is 1. The molecule has 1 aromatic carbocycles. The van der Waals surface area contributed by atoms with Gasteiger partial charge in [-0.3, -0.25) is 9.69 Å². The lowest BCUT2D eigenvalue weighted by Crippen LogP contribution is -2.45. The summed E-state index contributed by atoms with van der Waals surface area (Å²) >= 11 is 0. The van der Waals surface area contributed by atoms with E-state index in [9.17, 15) is 14.7 Å². The summed E-state index contributed by atoms with van der Waals surface area (Å²) in [7, 11) is 0. The lowest BCUT2D eigenvalue weighted by atomic mass is 9.90. The number of fused-ring (bicyclic) bond motifs is 1. The Morgan fingerprint density at radius 3 is 2.63 bits per heavy atom. The first-order valence-electron chi connectivity index (χ1n) is 10.7. The summed E-state index contributed by atoms with van der Waals surface area (Å²) in [6.45, 7) is 6.50. The lowest BCUT2D eigenvalue weighted by Gasteiger charge is -2.39. The number of piperidine rings is 1. The number of benzene rings is 1. The second kappa shape index (κ2) is 8.52. The van der Waals surface area contributed by atoms with Crippen molar-refractivity contribution in [1.29, 1.82) is 0 Å². The Morgan fingerprint density at radius 2 is 1.93 bits per heavy atom. The third-order valence-corrected chi connectivity index (χ3v) is 6.09. The zero-order valence-corrected chi connectivity index (χ0v) is 17.6. The van der Waals surface area contributed by atoms with Crippen LogP contribution in [0.4, 0.5) is 10.5 Å². The van der Waals surface area contributed by atoms with E-state index in [1.54, 1.807) is 11.8 Å². The van der Waals surface area contributed by atoms with Crippen LogP contribution in [-0.4, -0.2) is 41.1 Å². The third-order valence-electron chi connectivity index (χ3n) is 6.09. The summed E-state index contributed by atoms with van der Waals surface area (Å²) in [4.78, 5) is 27.7.